The second-order valence-corrected chi connectivity index (χ2v) is 7.38. The number of nitrogens with zero attached hydrogens (tertiary/aromatic N) is 2. The van der Waals surface area contributed by atoms with E-state index in [1.54, 1.807) is 24.3 Å². The van der Waals surface area contributed by atoms with Crippen LogP contribution in [0, 0.1) is 29.1 Å². The van der Waals surface area contributed by atoms with Crippen LogP contribution in [0.15, 0.2) is 41.4 Å². The quantitative estimate of drug-likeness (QED) is 0.323. The standard InChI is InChI=1S/C23H24FN5O2.Li/c1-15(21-19(24)12-18(31-5)13-20(21)26-4)28-16-6-8-17(9-7-16)29-22(30)27-11-10-23(2,3)14-25;/h1,4,6-9,12-13,28H,10-11H2,2-3,5H3,(H2,27,29,30);/q-2;+1. The number of carbonyl (C=O) groups is 1. The third kappa shape index (κ3) is 7.46. The molecule has 0 aliphatic rings. The van der Waals surface area contributed by atoms with E-state index in [4.69, 9.17) is 23.3 Å². The fraction of sp³-hybridized carbons (Fsp3) is 0.261. The first-order chi connectivity index (χ1) is 14.7. The summed E-state index contributed by atoms with van der Waals surface area (Å²) < 4.78 is 19.4. The first kappa shape index (κ1) is 26.8. The molecule has 162 valence electrons. The van der Waals surface area contributed by atoms with Gasteiger partial charge in [0.05, 0.1) is 18.6 Å². The molecule has 0 radical (unpaired) electrons. The topological polar surface area (TPSA) is 98.5 Å². The number of ether oxygens (including phenoxy) is 1. The van der Waals surface area contributed by atoms with Gasteiger partial charge in [-0.25, -0.2) is 9.18 Å². The summed E-state index contributed by atoms with van der Waals surface area (Å²) in [6.45, 7) is 15.4. The van der Waals surface area contributed by atoms with E-state index in [9.17, 15) is 9.18 Å². The molecule has 2 aromatic carbocycles. The molecule has 0 bridgehead atoms. The predicted octanol–water partition coefficient (Wildman–Crippen LogP) is 1.99. The summed E-state index contributed by atoms with van der Waals surface area (Å²) in [6.07, 6.45) is 0.536. The Bertz CT molecular complexity index is 1020. The van der Waals surface area contributed by atoms with E-state index in [1.165, 1.54) is 19.2 Å². The van der Waals surface area contributed by atoms with Crippen LogP contribution in [0.25, 0.3) is 5.70 Å². The van der Waals surface area contributed by atoms with Crippen molar-refractivity contribution in [2.45, 2.75) is 20.3 Å². The molecule has 9 heteroatoms. The number of nitrogens with one attached hydrogen (secondary N) is 3. The van der Waals surface area contributed by atoms with Crippen LogP contribution in [0.4, 0.5) is 26.2 Å². The van der Waals surface area contributed by atoms with Crippen molar-refractivity contribution in [3.63, 3.8) is 0 Å². The largest absolute Gasteiger partial charge is 1.00 e. The van der Waals surface area contributed by atoms with E-state index in [0.29, 0.717) is 24.3 Å². The number of methoxy groups -OCH3 is 1. The van der Waals surface area contributed by atoms with Crippen molar-refractivity contribution in [3.05, 3.63) is 54.4 Å². The molecule has 2 amide bonds. The van der Waals surface area contributed by atoms with Crippen molar-refractivity contribution in [2.75, 3.05) is 24.3 Å². The minimum absolute atomic E-state index is 0. The minimum Gasteiger partial charge on any atom is -0.498 e. The molecule has 2 aromatic rings. The molecule has 0 heterocycles. The summed E-state index contributed by atoms with van der Waals surface area (Å²) in [5, 5.41) is 17.3. The molecule has 0 aliphatic carbocycles. The zero-order valence-corrected chi connectivity index (χ0v) is 18.6. The van der Waals surface area contributed by atoms with Crippen LogP contribution < -0.4 is 39.5 Å². The van der Waals surface area contributed by atoms with Gasteiger partial charge in [0.15, 0.2) is 0 Å². The Morgan fingerprint density at radius 1 is 1.22 bits per heavy atom. The van der Waals surface area contributed by atoms with Gasteiger partial charge in [0.2, 0.25) is 0 Å². The number of hydrogen-bond donors (Lipinski definition) is 3. The number of carbonyl (C=O) groups excluding carboxylic acids is 1. The number of aliphatic imine (C=N–C) groups is 1. The molecule has 0 fully saturated rings. The molecular weight excluding hydrogens is 404 g/mol. The average Bonchev–Trinajstić information content (AvgIpc) is 2.74. The van der Waals surface area contributed by atoms with Crippen LogP contribution in [0.2, 0.25) is 0 Å². The van der Waals surface area contributed by atoms with Crippen LogP contribution in [0.5, 0.6) is 5.75 Å². The molecule has 2 rings (SSSR count). The summed E-state index contributed by atoms with van der Waals surface area (Å²) in [6, 6.07) is 11.1. The van der Waals surface area contributed by atoms with Gasteiger partial charge in [-0.1, -0.05) is 6.07 Å². The molecule has 7 nitrogen and oxygen atoms in total. The van der Waals surface area contributed by atoms with E-state index >= 15 is 0 Å². The monoisotopic (exact) mass is 428 g/mol. The zero-order chi connectivity index (χ0) is 23.0. The molecule has 0 aliphatic heterocycles. The van der Waals surface area contributed by atoms with Crippen LogP contribution in [-0.4, -0.2) is 26.4 Å². The second-order valence-electron chi connectivity index (χ2n) is 7.38. The molecule has 0 saturated carbocycles. The number of amides is 2. The van der Waals surface area contributed by atoms with Crippen molar-refractivity contribution >= 4 is 35.5 Å². The van der Waals surface area contributed by atoms with Gasteiger partial charge in [0, 0.05) is 23.7 Å². The van der Waals surface area contributed by atoms with Gasteiger partial charge in [0.1, 0.15) is 5.75 Å². The van der Waals surface area contributed by atoms with E-state index < -0.39 is 11.2 Å². The Hall–Kier alpha value is -3.26. The van der Waals surface area contributed by atoms with E-state index in [-0.39, 0.29) is 47.6 Å². The Balaban J connectivity index is 0.00000512. The fourth-order valence-electron chi connectivity index (χ4n) is 2.63. The third-order valence-electron chi connectivity index (χ3n) is 4.45. The van der Waals surface area contributed by atoms with Gasteiger partial charge < -0.3 is 25.7 Å². The zero-order valence-electron chi connectivity index (χ0n) is 18.6. The Morgan fingerprint density at radius 2 is 1.81 bits per heavy atom. The maximum Gasteiger partial charge on any atom is 1.00 e. The summed E-state index contributed by atoms with van der Waals surface area (Å²) in [5.74, 6) is -0.369. The minimum atomic E-state index is -0.636. The second kappa shape index (κ2) is 11.9. The van der Waals surface area contributed by atoms with E-state index in [2.05, 4.69) is 27.0 Å². The van der Waals surface area contributed by atoms with Crippen molar-refractivity contribution in [1.29, 1.82) is 5.26 Å². The van der Waals surface area contributed by atoms with Gasteiger partial charge in [-0.15, -0.1) is 5.70 Å². The molecule has 3 N–H and O–H groups in total. The number of halogens is 1. The van der Waals surface area contributed by atoms with Gasteiger partial charge >= 0.3 is 24.9 Å². The fourth-order valence-corrected chi connectivity index (χ4v) is 2.63. The van der Waals surface area contributed by atoms with Crippen LogP contribution in [0.3, 0.4) is 0 Å². The van der Waals surface area contributed by atoms with Crippen molar-refractivity contribution in [3.8, 4) is 11.8 Å². The number of rotatable bonds is 9. The van der Waals surface area contributed by atoms with Crippen molar-refractivity contribution in [2.24, 2.45) is 10.4 Å². The number of urea groups is 1. The van der Waals surface area contributed by atoms with Crippen LogP contribution >= 0.6 is 0 Å². The van der Waals surface area contributed by atoms with E-state index in [1.807, 2.05) is 13.8 Å². The first-order valence-electron chi connectivity index (χ1n) is 9.43. The predicted molar refractivity (Wildman–Crippen MR) is 120 cm³/mol. The van der Waals surface area contributed by atoms with E-state index in [0.717, 1.165) is 0 Å². The van der Waals surface area contributed by atoms with Crippen molar-refractivity contribution < 1.29 is 32.8 Å². The number of anilines is 2. The normalized spacial score (nSPS) is 10.2. The summed E-state index contributed by atoms with van der Waals surface area (Å²) in [5.41, 5.74) is 0.786. The Morgan fingerprint density at radius 3 is 2.34 bits per heavy atom. The summed E-state index contributed by atoms with van der Waals surface area (Å²) in [4.78, 5) is 15.5. The molecule has 0 unspecified atom stereocenters. The Labute approximate surface area is 199 Å². The van der Waals surface area contributed by atoms with Crippen LogP contribution in [0.1, 0.15) is 25.8 Å². The Kier molecular flexibility index (Phi) is 10.00. The van der Waals surface area contributed by atoms with Crippen molar-refractivity contribution in [1.82, 2.24) is 5.32 Å². The van der Waals surface area contributed by atoms with Gasteiger partial charge in [0.25, 0.3) is 0 Å². The maximum atomic E-state index is 14.4. The average molecular weight is 428 g/mol. The first-order valence-corrected chi connectivity index (χ1v) is 9.43. The number of hydrogen-bond acceptors (Lipinski definition) is 5. The SMILES string of the molecule is [CH-]=Nc1cc(OC)cc(F)c1C(=[CH-])Nc1ccc(NC(=O)NCCC(C)(C)C#N)cc1.[Li+]. The summed E-state index contributed by atoms with van der Waals surface area (Å²) in [7, 11) is 1.41. The molecule has 0 saturated heterocycles. The molecule has 0 aromatic heterocycles. The smallest absolute Gasteiger partial charge is 0.498 e. The molecule has 32 heavy (non-hydrogen) atoms. The number of nitriles is 1. The van der Waals surface area contributed by atoms with Gasteiger partial charge in [-0.2, -0.15) is 23.2 Å². The van der Waals surface area contributed by atoms with Gasteiger partial charge in [-0.3, -0.25) is 6.58 Å². The van der Waals surface area contributed by atoms with Crippen LogP contribution in [-0.2, 0) is 0 Å². The molecular formula is C23H24FLiN5O2-. The number of benzene rings is 2. The summed E-state index contributed by atoms with van der Waals surface area (Å²) >= 11 is 0. The van der Waals surface area contributed by atoms with Gasteiger partial charge in [-0.05, 0) is 50.6 Å². The molecule has 0 spiro atoms. The maximum absolute atomic E-state index is 14.4. The molecule has 0 atom stereocenters. The third-order valence-corrected chi connectivity index (χ3v) is 4.45.